The highest BCUT2D eigenvalue weighted by molar-refractivity contribution is 7.14. The Morgan fingerprint density at radius 1 is 1.35 bits per heavy atom. The van der Waals surface area contributed by atoms with Crippen LogP contribution in [0.1, 0.15) is 29.8 Å². The average molecular weight is 291 g/mol. The van der Waals surface area contributed by atoms with Gasteiger partial charge in [0.1, 0.15) is 15.8 Å². The first-order valence-electron chi connectivity index (χ1n) is 7.04. The Bertz CT molecular complexity index is 593. The molecular formula is C15H18FN3S. The summed E-state index contributed by atoms with van der Waals surface area (Å²) in [5.41, 5.74) is 1.47. The van der Waals surface area contributed by atoms with Crippen LogP contribution in [0.5, 0.6) is 0 Å². The number of nitrogens with zero attached hydrogens (tertiary/aromatic N) is 2. The minimum absolute atomic E-state index is 0.187. The maximum Gasteiger partial charge on any atom is 0.147 e. The lowest BCUT2D eigenvalue weighted by Gasteiger charge is -1.99. The van der Waals surface area contributed by atoms with Crippen molar-refractivity contribution in [3.63, 3.8) is 0 Å². The number of hydrogen-bond acceptors (Lipinski definition) is 4. The zero-order chi connectivity index (χ0) is 13.9. The van der Waals surface area contributed by atoms with E-state index in [2.05, 4.69) is 15.5 Å². The standard InChI is InChI=1S/C15H18FN3S/c1-10-4-5-11(9-13(10)16)15-19-18-14(20-15)3-2-8-17-12-6-7-12/h4-5,9,12,17H,2-3,6-8H2,1H3. The Morgan fingerprint density at radius 2 is 2.20 bits per heavy atom. The van der Waals surface area contributed by atoms with Crippen molar-refractivity contribution in [2.75, 3.05) is 6.54 Å². The second-order valence-electron chi connectivity index (χ2n) is 5.30. The third-order valence-corrected chi connectivity index (χ3v) is 4.50. The van der Waals surface area contributed by atoms with Crippen LogP contribution < -0.4 is 5.32 Å². The largest absolute Gasteiger partial charge is 0.314 e. The number of aryl methyl sites for hydroxylation is 2. The molecule has 3 nitrogen and oxygen atoms in total. The predicted molar refractivity (Wildman–Crippen MR) is 79.4 cm³/mol. The van der Waals surface area contributed by atoms with Crippen molar-refractivity contribution >= 4 is 11.3 Å². The van der Waals surface area contributed by atoms with Gasteiger partial charge in [0.15, 0.2) is 0 Å². The number of nitrogens with one attached hydrogen (secondary N) is 1. The van der Waals surface area contributed by atoms with Crippen LogP contribution in [0.15, 0.2) is 18.2 Å². The molecule has 0 aliphatic heterocycles. The molecule has 0 atom stereocenters. The van der Waals surface area contributed by atoms with E-state index in [4.69, 9.17) is 0 Å². The zero-order valence-corrected chi connectivity index (χ0v) is 12.3. The van der Waals surface area contributed by atoms with Gasteiger partial charge in [-0.1, -0.05) is 23.5 Å². The molecule has 0 radical (unpaired) electrons. The average Bonchev–Trinajstić information content (AvgIpc) is 3.15. The van der Waals surface area contributed by atoms with E-state index in [0.29, 0.717) is 5.56 Å². The summed E-state index contributed by atoms with van der Waals surface area (Å²) in [7, 11) is 0. The van der Waals surface area contributed by atoms with Crippen molar-refractivity contribution in [3.8, 4) is 10.6 Å². The van der Waals surface area contributed by atoms with E-state index in [1.165, 1.54) is 18.9 Å². The summed E-state index contributed by atoms with van der Waals surface area (Å²) in [4.78, 5) is 0. The van der Waals surface area contributed by atoms with Gasteiger partial charge in [0.05, 0.1) is 0 Å². The van der Waals surface area contributed by atoms with Crippen molar-refractivity contribution < 1.29 is 4.39 Å². The minimum Gasteiger partial charge on any atom is -0.314 e. The van der Waals surface area contributed by atoms with Crippen LogP contribution >= 0.6 is 11.3 Å². The fourth-order valence-electron chi connectivity index (χ4n) is 2.03. The summed E-state index contributed by atoms with van der Waals surface area (Å²) in [6, 6.07) is 5.98. The smallest absolute Gasteiger partial charge is 0.147 e. The summed E-state index contributed by atoms with van der Waals surface area (Å²) in [5, 5.41) is 13.7. The lowest BCUT2D eigenvalue weighted by atomic mass is 10.1. The van der Waals surface area contributed by atoms with E-state index < -0.39 is 0 Å². The van der Waals surface area contributed by atoms with Crippen LogP contribution in [0.2, 0.25) is 0 Å². The van der Waals surface area contributed by atoms with E-state index in [1.807, 2.05) is 6.07 Å². The normalized spacial score (nSPS) is 14.7. The molecule has 0 bridgehead atoms. The highest BCUT2D eigenvalue weighted by Crippen LogP contribution is 2.25. The van der Waals surface area contributed by atoms with Gasteiger partial charge in [0.25, 0.3) is 0 Å². The summed E-state index contributed by atoms with van der Waals surface area (Å²) in [5.74, 6) is -0.187. The molecule has 0 saturated heterocycles. The molecule has 1 fully saturated rings. The SMILES string of the molecule is Cc1ccc(-c2nnc(CCCNC3CC3)s2)cc1F. The van der Waals surface area contributed by atoms with Gasteiger partial charge in [-0.25, -0.2) is 4.39 Å². The Balaban J connectivity index is 1.58. The second-order valence-corrected chi connectivity index (χ2v) is 6.36. The Labute approximate surface area is 122 Å². The predicted octanol–water partition coefficient (Wildman–Crippen LogP) is 3.34. The van der Waals surface area contributed by atoms with Crippen molar-refractivity contribution in [2.45, 2.75) is 38.6 Å². The van der Waals surface area contributed by atoms with Crippen molar-refractivity contribution in [1.82, 2.24) is 15.5 Å². The minimum atomic E-state index is -0.187. The van der Waals surface area contributed by atoms with Crippen LogP contribution in [0.3, 0.4) is 0 Å². The Hall–Kier alpha value is -1.33. The van der Waals surface area contributed by atoms with Crippen LogP contribution in [0, 0.1) is 12.7 Å². The third-order valence-electron chi connectivity index (χ3n) is 3.46. The summed E-state index contributed by atoms with van der Waals surface area (Å²) >= 11 is 1.56. The molecule has 20 heavy (non-hydrogen) atoms. The van der Waals surface area contributed by atoms with Crippen LogP contribution in [-0.4, -0.2) is 22.8 Å². The highest BCUT2D eigenvalue weighted by Gasteiger charge is 2.19. The van der Waals surface area contributed by atoms with E-state index in [0.717, 1.165) is 41.0 Å². The highest BCUT2D eigenvalue weighted by atomic mass is 32.1. The lowest BCUT2D eigenvalue weighted by Crippen LogP contribution is -2.17. The van der Waals surface area contributed by atoms with Gasteiger partial charge in [-0.2, -0.15) is 0 Å². The monoisotopic (exact) mass is 291 g/mol. The Morgan fingerprint density at radius 3 is 2.95 bits per heavy atom. The van der Waals surface area contributed by atoms with Crippen LogP contribution in [0.4, 0.5) is 4.39 Å². The van der Waals surface area contributed by atoms with Crippen LogP contribution in [0.25, 0.3) is 10.6 Å². The molecule has 5 heteroatoms. The first-order chi connectivity index (χ1) is 9.72. The van der Waals surface area contributed by atoms with Crippen LogP contribution in [-0.2, 0) is 6.42 Å². The van der Waals surface area contributed by atoms with E-state index >= 15 is 0 Å². The fraction of sp³-hybridized carbons (Fsp3) is 0.467. The number of rotatable bonds is 6. The molecule has 2 aromatic rings. The molecule has 1 N–H and O–H groups in total. The van der Waals surface area contributed by atoms with Gasteiger partial charge in [0.2, 0.25) is 0 Å². The number of aromatic nitrogens is 2. The maximum atomic E-state index is 13.5. The third kappa shape index (κ3) is 3.41. The molecule has 1 heterocycles. The molecule has 0 amide bonds. The number of benzene rings is 1. The van der Waals surface area contributed by atoms with Gasteiger partial charge in [-0.15, -0.1) is 10.2 Å². The lowest BCUT2D eigenvalue weighted by molar-refractivity contribution is 0.619. The summed E-state index contributed by atoms with van der Waals surface area (Å²) in [6.45, 7) is 2.80. The molecule has 1 aromatic carbocycles. The molecule has 1 aromatic heterocycles. The molecule has 1 aliphatic carbocycles. The summed E-state index contributed by atoms with van der Waals surface area (Å²) in [6.07, 6.45) is 4.66. The van der Waals surface area contributed by atoms with Gasteiger partial charge in [-0.05, 0) is 44.4 Å². The molecular weight excluding hydrogens is 273 g/mol. The molecule has 1 saturated carbocycles. The topological polar surface area (TPSA) is 37.8 Å². The maximum absolute atomic E-state index is 13.5. The Kier molecular flexibility index (Phi) is 4.08. The molecule has 3 rings (SSSR count). The van der Waals surface area contributed by atoms with E-state index in [1.54, 1.807) is 24.3 Å². The van der Waals surface area contributed by atoms with Crippen molar-refractivity contribution in [3.05, 3.63) is 34.6 Å². The van der Waals surface area contributed by atoms with E-state index in [9.17, 15) is 4.39 Å². The molecule has 1 aliphatic rings. The van der Waals surface area contributed by atoms with E-state index in [-0.39, 0.29) is 5.82 Å². The second kappa shape index (κ2) is 5.97. The van der Waals surface area contributed by atoms with Gasteiger partial charge >= 0.3 is 0 Å². The van der Waals surface area contributed by atoms with Gasteiger partial charge in [0, 0.05) is 18.0 Å². The van der Waals surface area contributed by atoms with Gasteiger partial charge in [-0.3, -0.25) is 0 Å². The number of hydrogen-bond donors (Lipinski definition) is 1. The fourth-order valence-corrected chi connectivity index (χ4v) is 2.91. The molecule has 106 valence electrons. The van der Waals surface area contributed by atoms with Crippen molar-refractivity contribution in [2.24, 2.45) is 0 Å². The number of halogens is 1. The summed E-state index contributed by atoms with van der Waals surface area (Å²) < 4.78 is 13.5. The van der Waals surface area contributed by atoms with Gasteiger partial charge < -0.3 is 5.32 Å². The molecule has 0 spiro atoms. The van der Waals surface area contributed by atoms with Crippen molar-refractivity contribution in [1.29, 1.82) is 0 Å². The first kappa shape index (κ1) is 13.6. The zero-order valence-electron chi connectivity index (χ0n) is 11.5. The molecule has 0 unspecified atom stereocenters. The first-order valence-corrected chi connectivity index (χ1v) is 7.86. The quantitative estimate of drug-likeness (QED) is 0.830.